The van der Waals surface area contributed by atoms with Gasteiger partial charge in [-0.1, -0.05) is 62.9 Å². The standard InChI is InChI=1S/C31H48N4O2/c1-3-10-29(33-32-24(2)21-25-11-6-4-7-12-25)27-16-18-34(19-17-27)22-26-15-20-35(23-26)30(31(36)37)28-13-8-5-9-14-28/h4,6-7,11-12,26-28,30H,3,5,8-10,13-23H2,1-2H3,(H,36,37)/b32-24+,33-29+/t26?,30-/m1/s1. The summed E-state index contributed by atoms with van der Waals surface area (Å²) in [5.41, 5.74) is 3.62. The molecule has 2 heterocycles. The minimum Gasteiger partial charge on any atom is -0.480 e. The molecule has 3 fully saturated rings. The lowest BCUT2D eigenvalue weighted by Crippen LogP contribution is -2.46. The lowest BCUT2D eigenvalue weighted by Gasteiger charge is -2.35. The largest absolute Gasteiger partial charge is 0.480 e. The molecule has 1 aliphatic carbocycles. The molecular weight excluding hydrogens is 460 g/mol. The van der Waals surface area contributed by atoms with Crippen molar-refractivity contribution in [2.45, 2.75) is 90.5 Å². The first-order valence-corrected chi connectivity index (χ1v) is 14.9. The Morgan fingerprint density at radius 1 is 1.00 bits per heavy atom. The average molecular weight is 509 g/mol. The Balaban J connectivity index is 1.26. The predicted octanol–water partition coefficient (Wildman–Crippen LogP) is 5.91. The van der Waals surface area contributed by atoms with E-state index in [2.05, 4.69) is 53.0 Å². The number of hydrogen-bond acceptors (Lipinski definition) is 5. The Bertz CT molecular complexity index is 901. The van der Waals surface area contributed by atoms with E-state index in [1.807, 2.05) is 6.07 Å². The van der Waals surface area contributed by atoms with E-state index in [1.165, 1.54) is 30.5 Å². The zero-order chi connectivity index (χ0) is 26.0. The molecule has 2 atom stereocenters. The predicted molar refractivity (Wildman–Crippen MR) is 152 cm³/mol. The van der Waals surface area contributed by atoms with Gasteiger partial charge in [0.2, 0.25) is 0 Å². The second-order valence-electron chi connectivity index (χ2n) is 11.7. The maximum atomic E-state index is 12.1. The van der Waals surface area contributed by atoms with Crippen LogP contribution in [0.2, 0.25) is 0 Å². The minimum atomic E-state index is -0.599. The lowest BCUT2D eigenvalue weighted by atomic mass is 9.83. The molecule has 1 aromatic rings. The molecule has 1 aromatic carbocycles. The minimum absolute atomic E-state index is 0.269. The van der Waals surface area contributed by atoms with E-state index in [0.717, 1.165) is 89.8 Å². The number of carbonyl (C=O) groups is 1. The SMILES string of the molecule is CCC/C(=N\N=C(/C)Cc1ccccc1)C1CCN(CC2CCN([C@@H](C(=O)O)C3CCCCC3)C2)CC1. The number of hydrogen-bond donors (Lipinski definition) is 1. The van der Waals surface area contributed by atoms with Crippen molar-refractivity contribution < 1.29 is 9.90 Å². The molecule has 2 saturated heterocycles. The van der Waals surface area contributed by atoms with Crippen LogP contribution in [0, 0.1) is 17.8 Å². The van der Waals surface area contributed by atoms with Crippen molar-refractivity contribution in [3.8, 4) is 0 Å². The third-order valence-electron chi connectivity index (χ3n) is 8.79. The van der Waals surface area contributed by atoms with Crippen LogP contribution in [-0.4, -0.2) is 71.1 Å². The Morgan fingerprint density at radius 3 is 2.41 bits per heavy atom. The van der Waals surface area contributed by atoms with Crippen molar-refractivity contribution in [1.82, 2.24) is 9.80 Å². The average Bonchev–Trinajstić information content (AvgIpc) is 3.36. The van der Waals surface area contributed by atoms with Crippen molar-refractivity contribution in [1.29, 1.82) is 0 Å². The number of benzene rings is 1. The van der Waals surface area contributed by atoms with E-state index in [9.17, 15) is 9.90 Å². The third kappa shape index (κ3) is 8.22. The van der Waals surface area contributed by atoms with Crippen LogP contribution in [0.1, 0.15) is 83.6 Å². The maximum absolute atomic E-state index is 12.1. The smallest absolute Gasteiger partial charge is 0.321 e. The van der Waals surface area contributed by atoms with Crippen molar-refractivity contribution in [3.05, 3.63) is 35.9 Å². The summed E-state index contributed by atoms with van der Waals surface area (Å²) in [7, 11) is 0. The number of carboxylic acids is 1. The summed E-state index contributed by atoms with van der Waals surface area (Å²) in [5.74, 6) is 0.872. The van der Waals surface area contributed by atoms with Gasteiger partial charge in [0.05, 0.1) is 0 Å². The second kappa shape index (κ2) is 14.2. The molecule has 0 aromatic heterocycles. The highest BCUT2D eigenvalue weighted by molar-refractivity contribution is 5.89. The Kier molecular flexibility index (Phi) is 10.7. The number of carboxylic acid groups (broad SMARTS) is 1. The summed E-state index contributed by atoms with van der Waals surface area (Å²) >= 11 is 0. The van der Waals surface area contributed by atoms with Gasteiger partial charge in [-0.2, -0.15) is 10.2 Å². The maximum Gasteiger partial charge on any atom is 0.321 e. The number of likely N-dealkylation sites (tertiary alicyclic amines) is 2. The van der Waals surface area contributed by atoms with E-state index in [1.54, 1.807) is 0 Å². The van der Waals surface area contributed by atoms with Gasteiger partial charge in [0.25, 0.3) is 0 Å². The fourth-order valence-electron chi connectivity index (χ4n) is 6.85. The van der Waals surface area contributed by atoms with Gasteiger partial charge < -0.3 is 10.0 Å². The molecule has 4 rings (SSSR count). The molecule has 2 aliphatic heterocycles. The topological polar surface area (TPSA) is 68.5 Å². The van der Waals surface area contributed by atoms with E-state index >= 15 is 0 Å². The van der Waals surface area contributed by atoms with Gasteiger partial charge in [-0.05, 0) is 82.5 Å². The quantitative estimate of drug-likeness (QED) is 0.298. The molecule has 1 unspecified atom stereocenters. The summed E-state index contributed by atoms with van der Waals surface area (Å²) in [4.78, 5) is 17.1. The molecule has 6 nitrogen and oxygen atoms in total. The molecule has 204 valence electrons. The van der Waals surface area contributed by atoms with Gasteiger partial charge in [0.15, 0.2) is 0 Å². The van der Waals surface area contributed by atoms with Crippen LogP contribution in [0.15, 0.2) is 40.5 Å². The number of nitrogens with zero attached hydrogens (tertiary/aromatic N) is 4. The summed E-state index contributed by atoms with van der Waals surface area (Å²) in [6.07, 6.45) is 12.3. The summed E-state index contributed by atoms with van der Waals surface area (Å²) in [6.45, 7) is 9.54. The van der Waals surface area contributed by atoms with E-state index < -0.39 is 5.97 Å². The van der Waals surface area contributed by atoms with Crippen LogP contribution in [-0.2, 0) is 11.2 Å². The first kappa shape index (κ1) is 28.0. The first-order chi connectivity index (χ1) is 18.0. The van der Waals surface area contributed by atoms with Crippen LogP contribution in [0.5, 0.6) is 0 Å². The van der Waals surface area contributed by atoms with Crippen molar-refractivity contribution >= 4 is 17.4 Å². The van der Waals surface area contributed by atoms with Crippen molar-refractivity contribution in [3.63, 3.8) is 0 Å². The lowest BCUT2D eigenvalue weighted by molar-refractivity contribution is -0.145. The van der Waals surface area contributed by atoms with Crippen LogP contribution in [0.25, 0.3) is 0 Å². The highest BCUT2D eigenvalue weighted by Gasteiger charge is 2.38. The highest BCUT2D eigenvalue weighted by atomic mass is 16.4. The van der Waals surface area contributed by atoms with Gasteiger partial charge >= 0.3 is 5.97 Å². The number of rotatable bonds is 11. The summed E-state index contributed by atoms with van der Waals surface area (Å²) < 4.78 is 0. The second-order valence-corrected chi connectivity index (χ2v) is 11.7. The molecule has 6 heteroatoms. The van der Waals surface area contributed by atoms with Gasteiger partial charge in [-0.25, -0.2) is 0 Å². The zero-order valence-corrected chi connectivity index (χ0v) is 23.2. The molecular formula is C31H48N4O2. The molecule has 1 saturated carbocycles. The Labute approximate surface area is 224 Å². The molecule has 0 amide bonds. The summed E-state index contributed by atoms with van der Waals surface area (Å²) in [6, 6.07) is 10.2. The highest BCUT2D eigenvalue weighted by Crippen LogP contribution is 2.32. The van der Waals surface area contributed by atoms with Crippen molar-refractivity contribution in [2.75, 3.05) is 32.7 Å². The molecule has 0 bridgehead atoms. The van der Waals surface area contributed by atoms with Gasteiger partial charge in [-0.3, -0.25) is 9.69 Å². The molecule has 0 radical (unpaired) electrons. The molecule has 3 aliphatic rings. The molecule has 1 N–H and O–H groups in total. The monoisotopic (exact) mass is 508 g/mol. The zero-order valence-electron chi connectivity index (χ0n) is 23.2. The van der Waals surface area contributed by atoms with Crippen LogP contribution < -0.4 is 0 Å². The van der Waals surface area contributed by atoms with E-state index in [-0.39, 0.29) is 6.04 Å². The fourth-order valence-corrected chi connectivity index (χ4v) is 6.85. The molecule has 0 spiro atoms. The van der Waals surface area contributed by atoms with Gasteiger partial charge in [0, 0.05) is 36.9 Å². The van der Waals surface area contributed by atoms with E-state index in [4.69, 9.17) is 5.10 Å². The van der Waals surface area contributed by atoms with Crippen molar-refractivity contribution in [2.24, 2.45) is 28.0 Å². The molecule has 37 heavy (non-hydrogen) atoms. The number of piperidine rings is 1. The van der Waals surface area contributed by atoms with Gasteiger partial charge in [-0.15, -0.1) is 0 Å². The third-order valence-corrected chi connectivity index (χ3v) is 8.79. The van der Waals surface area contributed by atoms with Gasteiger partial charge in [0.1, 0.15) is 6.04 Å². The summed E-state index contributed by atoms with van der Waals surface area (Å²) in [5, 5.41) is 19.4. The van der Waals surface area contributed by atoms with Crippen LogP contribution >= 0.6 is 0 Å². The van der Waals surface area contributed by atoms with E-state index in [0.29, 0.717) is 17.8 Å². The fraction of sp³-hybridized carbons (Fsp3) is 0.710. The van der Waals surface area contributed by atoms with Crippen LogP contribution in [0.4, 0.5) is 0 Å². The number of aliphatic carboxylic acids is 1. The Morgan fingerprint density at radius 2 is 1.73 bits per heavy atom. The Hall–Kier alpha value is -2.05. The first-order valence-electron chi connectivity index (χ1n) is 14.9. The normalized spacial score (nSPS) is 24.4. The van der Waals surface area contributed by atoms with Crippen LogP contribution in [0.3, 0.4) is 0 Å².